The van der Waals surface area contributed by atoms with Crippen molar-refractivity contribution < 1.29 is 24.0 Å². The molecule has 0 aliphatic carbocycles. The van der Waals surface area contributed by atoms with Crippen molar-refractivity contribution in [2.24, 2.45) is 5.73 Å². The number of rotatable bonds is 3. The van der Waals surface area contributed by atoms with E-state index in [4.69, 9.17) is 15.5 Å². The molecule has 1 aromatic rings. The molecule has 20 heavy (non-hydrogen) atoms. The molecule has 0 spiro atoms. The molecule has 0 amide bonds. The smallest absolute Gasteiger partial charge is 0.480 e. The van der Waals surface area contributed by atoms with Crippen LogP contribution in [0.3, 0.4) is 0 Å². The van der Waals surface area contributed by atoms with E-state index in [9.17, 15) is 14.2 Å². The highest BCUT2D eigenvalue weighted by atomic mass is 19.1. The predicted molar refractivity (Wildman–Crippen MR) is 72.5 cm³/mol. The molecule has 1 heterocycles. The quantitative estimate of drug-likeness (QED) is 0.611. The normalized spacial score (nSPS) is 16.6. The summed E-state index contributed by atoms with van der Waals surface area (Å²) in [7, 11) is 0.469. The number of nitrogens with zero attached hydrogens (tertiary/aromatic N) is 1. The third-order valence-corrected chi connectivity index (χ3v) is 3.28. The molecule has 1 aliphatic rings. The van der Waals surface area contributed by atoms with E-state index in [1.807, 2.05) is 0 Å². The lowest BCUT2D eigenvalue weighted by Gasteiger charge is -2.20. The van der Waals surface area contributed by atoms with E-state index in [1.54, 1.807) is 11.9 Å². The minimum atomic E-state index is -1.23. The number of hydrogen-bond donors (Lipinski definition) is 3. The van der Waals surface area contributed by atoms with Crippen LogP contribution in [0.15, 0.2) is 12.1 Å². The fourth-order valence-electron chi connectivity index (χ4n) is 2.23. The van der Waals surface area contributed by atoms with Crippen molar-refractivity contribution in [2.45, 2.75) is 12.5 Å². The topological polar surface area (TPSA) is 96.0 Å². The Balaban J connectivity index is 2.40. The van der Waals surface area contributed by atoms with Crippen molar-refractivity contribution in [3.05, 3.63) is 23.5 Å². The van der Waals surface area contributed by atoms with Gasteiger partial charge in [0.1, 0.15) is 11.9 Å². The van der Waals surface area contributed by atoms with Gasteiger partial charge >= 0.3 is 13.1 Å². The number of nitrogens with two attached hydrogens (primary N) is 1. The molecule has 108 valence electrons. The lowest BCUT2D eigenvalue weighted by atomic mass is 9.77. The standard InChI is InChI=1S/C12H16BFN2O4/c1-16-2-3-20-13(19)8-4-7(5-9(14)11(8)16)6-10(15)12(17)18/h4-5,10,19H,2-3,6,15H2,1H3,(H,17,18). The molecule has 0 fully saturated rings. The van der Waals surface area contributed by atoms with Crippen molar-refractivity contribution >= 4 is 24.2 Å². The highest BCUT2D eigenvalue weighted by Crippen LogP contribution is 2.20. The lowest BCUT2D eigenvalue weighted by Crippen LogP contribution is -2.37. The molecule has 8 heteroatoms. The Hall–Kier alpha value is -1.64. The van der Waals surface area contributed by atoms with Crippen LogP contribution < -0.4 is 16.1 Å². The first-order chi connectivity index (χ1) is 9.40. The van der Waals surface area contributed by atoms with Crippen molar-refractivity contribution in [3.63, 3.8) is 0 Å². The van der Waals surface area contributed by atoms with E-state index in [0.29, 0.717) is 12.1 Å². The summed E-state index contributed by atoms with van der Waals surface area (Å²) in [6.45, 7) is 0.727. The molecule has 0 bridgehead atoms. The summed E-state index contributed by atoms with van der Waals surface area (Å²) in [5, 5.41) is 18.7. The molecule has 0 radical (unpaired) electrons. The third-order valence-electron chi connectivity index (χ3n) is 3.28. The molecule has 1 aliphatic heterocycles. The zero-order chi connectivity index (χ0) is 14.9. The first kappa shape index (κ1) is 14.8. The number of halogens is 1. The van der Waals surface area contributed by atoms with Crippen molar-refractivity contribution in [1.29, 1.82) is 0 Å². The number of carboxylic acids is 1. The monoisotopic (exact) mass is 282 g/mol. The Kier molecular flexibility index (Phi) is 4.27. The number of carboxylic acid groups (broad SMARTS) is 1. The van der Waals surface area contributed by atoms with E-state index in [1.165, 1.54) is 12.1 Å². The molecule has 6 nitrogen and oxygen atoms in total. The highest BCUT2D eigenvalue weighted by Gasteiger charge is 2.29. The van der Waals surface area contributed by atoms with Gasteiger partial charge in [0.05, 0.1) is 5.69 Å². The number of aliphatic carboxylic acids is 1. The fraction of sp³-hybridized carbons (Fsp3) is 0.417. The van der Waals surface area contributed by atoms with Crippen LogP contribution in [0, 0.1) is 5.82 Å². The van der Waals surface area contributed by atoms with Gasteiger partial charge in [-0.15, -0.1) is 0 Å². The molecular formula is C12H16BFN2O4. The maximum absolute atomic E-state index is 14.2. The predicted octanol–water partition coefficient (Wildman–Crippen LogP) is -1.07. The van der Waals surface area contributed by atoms with E-state index in [2.05, 4.69) is 0 Å². The summed E-state index contributed by atoms with van der Waals surface area (Å²) >= 11 is 0. The first-order valence-electron chi connectivity index (χ1n) is 6.21. The number of likely N-dealkylation sites (N-methyl/N-ethyl adjacent to an activating group) is 1. The van der Waals surface area contributed by atoms with Gasteiger partial charge in [0.25, 0.3) is 0 Å². The van der Waals surface area contributed by atoms with E-state index in [0.717, 1.165) is 0 Å². The average Bonchev–Trinajstić information content (AvgIpc) is 2.50. The summed E-state index contributed by atoms with van der Waals surface area (Å²) in [6.07, 6.45) is -0.0179. The molecule has 1 aromatic carbocycles. The van der Waals surface area contributed by atoms with Gasteiger partial charge in [-0.1, -0.05) is 6.07 Å². The average molecular weight is 282 g/mol. The van der Waals surface area contributed by atoms with Crippen LogP contribution in [-0.2, 0) is 15.9 Å². The Labute approximate surface area is 116 Å². The Morgan fingerprint density at radius 2 is 2.35 bits per heavy atom. The highest BCUT2D eigenvalue weighted by molar-refractivity contribution is 6.62. The Morgan fingerprint density at radius 3 is 3.00 bits per heavy atom. The van der Waals surface area contributed by atoms with Gasteiger partial charge < -0.3 is 25.4 Å². The molecule has 4 N–H and O–H groups in total. The lowest BCUT2D eigenvalue weighted by molar-refractivity contribution is -0.138. The van der Waals surface area contributed by atoms with Gasteiger partial charge in [-0.05, 0) is 18.1 Å². The maximum atomic E-state index is 14.2. The number of carbonyl (C=O) groups is 1. The van der Waals surface area contributed by atoms with Gasteiger partial charge in [0.15, 0.2) is 0 Å². The number of hydrogen-bond acceptors (Lipinski definition) is 5. The van der Waals surface area contributed by atoms with Crippen molar-refractivity contribution in [3.8, 4) is 0 Å². The van der Waals surface area contributed by atoms with Gasteiger partial charge in [-0.3, -0.25) is 4.79 Å². The minimum absolute atomic E-state index is 0.0179. The Morgan fingerprint density at radius 1 is 1.65 bits per heavy atom. The molecule has 1 atom stereocenters. The van der Waals surface area contributed by atoms with Gasteiger partial charge in [0, 0.05) is 25.7 Å². The van der Waals surface area contributed by atoms with Crippen molar-refractivity contribution in [1.82, 2.24) is 0 Å². The van der Waals surface area contributed by atoms with Crippen LogP contribution in [0.1, 0.15) is 5.56 Å². The zero-order valence-electron chi connectivity index (χ0n) is 11.0. The van der Waals surface area contributed by atoms with Crippen molar-refractivity contribution in [2.75, 3.05) is 25.1 Å². The zero-order valence-corrected chi connectivity index (χ0v) is 11.0. The van der Waals surface area contributed by atoms with Crippen LogP contribution in [0.5, 0.6) is 0 Å². The van der Waals surface area contributed by atoms with Crippen LogP contribution in [0.4, 0.5) is 10.1 Å². The minimum Gasteiger partial charge on any atom is -0.480 e. The van der Waals surface area contributed by atoms with Gasteiger partial charge in [-0.2, -0.15) is 0 Å². The van der Waals surface area contributed by atoms with Crippen LogP contribution in [0.25, 0.3) is 0 Å². The van der Waals surface area contributed by atoms with E-state index >= 15 is 0 Å². The summed E-state index contributed by atoms with van der Waals surface area (Å²) in [6, 6.07) is 1.66. The first-order valence-corrected chi connectivity index (χ1v) is 6.21. The van der Waals surface area contributed by atoms with Crippen LogP contribution >= 0.6 is 0 Å². The van der Waals surface area contributed by atoms with E-state index in [-0.39, 0.29) is 24.2 Å². The van der Waals surface area contributed by atoms with E-state index < -0.39 is 24.9 Å². The summed E-state index contributed by atoms with van der Waals surface area (Å²) < 4.78 is 19.4. The number of anilines is 1. The van der Waals surface area contributed by atoms with Crippen LogP contribution in [-0.4, -0.2) is 49.5 Å². The fourth-order valence-corrected chi connectivity index (χ4v) is 2.23. The van der Waals surface area contributed by atoms with Gasteiger partial charge in [0.2, 0.25) is 0 Å². The summed E-state index contributed by atoms with van der Waals surface area (Å²) in [5.41, 5.74) is 6.41. The largest absolute Gasteiger partial charge is 0.493 e. The molecule has 0 saturated heterocycles. The molecular weight excluding hydrogens is 266 g/mol. The second kappa shape index (κ2) is 5.78. The number of benzene rings is 1. The maximum Gasteiger partial charge on any atom is 0.493 e. The second-order valence-electron chi connectivity index (χ2n) is 4.81. The second-order valence-corrected chi connectivity index (χ2v) is 4.81. The summed E-state index contributed by atoms with van der Waals surface area (Å²) in [4.78, 5) is 12.4. The Bertz CT molecular complexity index is 528. The van der Waals surface area contributed by atoms with Gasteiger partial charge in [-0.25, -0.2) is 4.39 Å². The van der Waals surface area contributed by atoms with Crippen LogP contribution in [0.2, 0.25) is 0 Å². The molecule has 0 aromatic heterocycles. The third kappa shape index (κ3) is 2.92. The molecule has 0 saturated carbocycles. The molecule has 1 unspecified atom stereocenters. The molecule has 2 rings (SSSR count). The number of fused-ring (bicyclic) bond motifs is 1. The summed E-state index contributed by atoms with van der Waals surface area (Å²) in [5.74, 6) is -1.68. The SMILES string of the molecule is CN1CCOB(O)c2cc(CC(N)C(=O)O)cc(F)c21.